The summed E-state index contributed by atoms with van der Waals surface area (Å²) in [7, 11) is 2.99. The van der Waals surface area contributed by atoms with Crippen LogP contribution in [0.25, 0.3) is 5.76 Å². The van der Waals surface area contributed by atoms with E-state index in [1.807, 2.05) is 13.8 Å². The third-order valence-corrected chi connectivity index (χ3v) is 5.73. The average Bonchev–Trinajstić information content (AvgIpc) is 3.13. The third-order valence-electron chi connectivity index (χ3n) is 5.73. The van der Waals surface area contributed by atoms with Gasteiger partial charge in [-0.3, -0.25) is 14.5 Å². The number of benzene rings is 3. The van der Waals surface area contributed by atoms with E-state index in [-0.39, 0.29) is 17.4 Å². The highest BCUT2D eigenvalue weighted by Gasteiger charge is 2.48. The molecule has 1 atom stereocenters. The Morgan fingerprint density at radius 3 is 2.09 bits per heavy atom. The van der Waals surface area contributed by atoms with Crippen molar-refractivity contribution in [2.75, 3.05) is 19.1 Å². The molecule has 7 nitrogen and oxygen atoms in total. The summed E-state index contributed by atoms with van der Waals surface area (Å²) in [6.45, 7) is 3.85. The van der Waals surface area contributed by atoms with E-state index in [1.54, 1.807) is 72.8 Å². The summed E-state index contributed by atoms with van der Waals surface area (Å²) in [5, 5.41) is 11.4. The van der Waals surface area contributed by atoms with Crippen LogP contribution in [-0.4, -0.2) is 37.1 Å². The normalized spacial score (nSPS) is 17.1. The second-order valence-electron chi connectivity index (χ2n) is 8.27. The molecule has 0 radical (unpaired) electrons. The number of hydrogen-bond donors (Lipinski definition) is 1. The van der Waals surface area contributed by atoms with Crippen LogP contribution in [0.5, 0.6) is 17.2 Å². The van der Waals surface area contributed by atoms with Gasteiger partial charge in [-0.15, -0.1) is 0 Å². The summed E-state index contributed by atoms with van der Waals surface area (Å²) >= 11 is 0. The number of aliphatic hydroxyl groups excluding tert-OH is 1. The van der Waals surface area contributed by atoms with Crippen molar-refractivity contribution in [1.82, 2.24) is 0 Å². The van der Waals surface area contributed by atoms with Crippen molar-refractivity contribution >= 4 is 23.1 Å². The van der Waals surface area contributed by atoms with Gasteiger partial charge in [0.15, 0.2) is 0 Å². The van der Waals surface area contributed by atoms with Crippen LogP contribution >= 0.6 is 0 Å². The van der Waals surface area contributed by atoms with E-state index in [9.17, 15) is 14.7 Å². The van der Waals surface area contributed by atoms with E-state index in [0.29, 0.717) is 34.1 Å². The predicted molar refractivity (Wildman–Crippen MR) is 133 cm³/mol. The van der Waals surface area contributed by atoms with Gasteiger partial charge in [0.1, 0.15) is 23.0 Å². The fraction of sp³-hybridized carbons (Fsp3) is 0.214. The highest BCUT2D eigenvalue weighted by molar-refractivity contribution is 6.51. The van der Waals surface area contributed by atoms with Crippen molar-refractivity contribution in [3.63, 3.8) is 0 Å². The first kappa shape index (κ1) is 23.9. The standard InChI is InChI=1S/C28H27NO6/c1-17(2)35-19-15-13-18(14-16-19)29-25(20-9-5-7-11-22(20)33-3)24(27(31)28(29)32)26(30)21-10-6-8-12-23(21)34-4/h5-17,25,30H,1-4H3/b26-24+. The smallest absolute Gasteiger partial charge is 0.300 e. The van der Waals surface area contributed by atoms with Crippen molar-refractivity contribution in [1.29, 1.82) is 0 Å². The van der Waals surface area contributed by atoms with Gasteiger partial charge >= 0.3 is 0 Å². The molecule has 1 aliphatic rings. The van der Waals surface area contributed by atoms with Crippen molar-refractivity contribution in [3.05, 3.63) is 89.5 Å². The maximum Gasteiger partial charge on any atom is 0.300 e. The monoisotopic (exact) mass is 473 g/mol. The first-order valence-electron chi connectivity index (χ1n) is 11.2. The third kappa shape index (κ3) is 4.45. The minimum atomic E-state index is -0.923. The number of carbonyl (C=O) groups is 2. The van der Waals surface area contributed by atoms with E-state index in [1.165, 1.54) is 19.1 Å². The number of Topliss-reactive ketones (excluding diaryl/α,β-unsaturated/α-hetero) is 1. The average molecular weight is 474 g/mol. The Balaban J connectivity index is 1.93. The number of carbonyl (C=O) groups excluding carboxylic acids is 2. The highest BCUT2D eigenvalue weighted by atomic mass is 16.5. The fourth-order valence-corrected chi connectivity index (χ4v) is 4.23. The number of rotatable bonds is 7. The summed E-state index contributed by atoms with van der Waals surface area (Å²) in [6.07, 6.45) is -0.00971. The van der Waals surface area contributed by atoms with Gasteiger partial charge in [-0.1, -0.05) is 30.3 Å². The Kier molecular flexibility index (Phi) is 6.78. The van der Waals surface area contributed by atoms with Crippen LogP contribution < -0.4 is 19.1 Å². The molecular weight excluding hydrogens is 446 g/mol. The summed E-state index contributed by atoms with van der Waals surface area (Å²) in [5.74, 6) is -0.371. The van der Waals surface area contributed by atoms with Crippen LogP contribution in [0.1, 0.15) is 31.0 Å². The zero-order valence-electron chi connectivity index (χ0n) is 20.0. The van der Waals surface area contributed by atoms with E-state index < -0.39 is 17.7 Å². The van der Waals surface area contributed by atoms with Gasteiger partial charge in [0.2, 0.25) is 0 Å². The topological polar surface area (TPSA) is 85.3 Å². The molecule has 1 unspecified atom stereocenters. The van der Waals surface area contributed by atoms with Crippen LogP contribution in [0.15, 0.2) is 78.4 Å². The van der Waals surface area contributed by atoms with Gasteiger partial charge < -0.3 is 19.3 Å². The lowest BCUT2D eigenvalue weighted by Gasteiger charge is -2.27. The summed E-state index contributed by atoms with van der Waals surface area (Å²) in [6, 6.07) is 19.9. The number of ether oxygens (including phenoxy) is 3. The quantitative estimate of drug-likeness (QED) is 0.291. The molecule has 0 aromatic heterocycles. The SMILES string of the molecule is COc1ccccc1/C(O)=C1\C(=O)C(=O)N(c2ccc(OC(C)C)cc2)C1c1ccccc1OC. The fourth-order valence-electron chi connectivity index (χ4n) is 4.23. The van der Waals surface area contributed by atoms with Crippen LogP contribution in [0.4, 0.5) is 5.69 Å². The Bertz CT molecular complexity index is 1280. The molecule has 1 saturated heterocycles. The summed E-state index contributed by atoms with van der Waals surface area (Å²) in [4.78, 5) is 28.1. The molecule has 4 rings (SSSR count). The Morgan fingerprint density at radius 1 is 0.857 bits per heavy atom. The number of para-hydroxylation sites is 2. The Morgan fingerprint density at radius 2 is 1.46 bits per heavy atom. The molecule has 3 aromatic rings. The molecule has 3 aromatic carbocycles. The van der Waals surface area contributed by atoms with Crippen molar-refractivity contribution in [2.45, 2.75) is 26.0 Å². The molecule has 0 spiro atoms. The number of ketones is 1. The minimum absolute atomic E-state index is 0.00971. The molecule has 1 amide bonds. The van der Waals surface area contributed by atoms with Gasteiger partial charge in [0.05, 0.1) is 37.5 Å². The molecular formula is C28H27NO6. The molecule has 1 N–H and O–H groups in total. The Hall–Kier alpha value is -4.26. The molecule has 0 saturated carbocycles. The van der Waals surface area contributed by atoms with E-state index in [2.05, 4.69) is 0 Å². The molecule has 7 heteroatoms. The van der Waals surface area contributed by atoms with Gasteiger partial charge in [0, 0.05) is 11.3 Å². The molecule has 35 heavy (non-hydrogen) atoms. The van der Waals surface area contributed by atoms with Crippen LogP contribution in [0, 0.1) is 0 Å². The van der Waals surface area contributed by atoms with E-state index in [0.717, 1.165) is 0 Å². The predicted octanol–water partition coefficient (Wildman–Crippen LogP) is 5.12. The minimum Gasteiger partial charge on any atom is -0.507 e. The van der Waals surface area contributed by atoms with E-state index in [4.69, 9.17) is 14.2 Å². The van der Waals surface area contributed by atoms with Crippen LogP contribution in [0.3, 0.4) is 0 Å². The van der Waals surface area contributed by atoms with Crippen LogP contribution in [-0.2, 0) is 9.59 Å². The lowest BCUT2D eigenvalue weighted by atomic mass is 9.94. The maximum atomic E-state index is 13.4. The van der Waals surface area contributed by atoms with Gasteiger partial charge in [0.25, 0.3) is 11.7 Å². The van der Waals surface area contributed by atoms with Gasteiger partial charge in [-0.05, 0) is 56.3 Å². The molecule has 1 heterocycles. The number of nitrogens with zero attached hydrogens (tertiary/aromatic N) is 1. The number of anilines is 1. The summed E-state index contributed by atoms with van der Waals surface area (Å²) < 4.78 is 16.7. The largest absolute Gasteiger partial charge is 0.507 e. The summed E-state index contributed by atoms with van der Waals surface area (Å²) in [5.41, 5.74) is 1.31. The zero-order chi connectivity index (χ0) is 25.1. The zero-order valence-corrected chi connectivity index (χ0v) is 20.0. The lowest BCUT2D eigenvalue weighted by molar-refractivity contribution is -0.132. The second kappa shape index (κ2) is 9.93. The number of amides is 1. The molecule has 0 bridgehead atoms. The number of methoxy groups -OCH3 is 2. The van der Waals surface area contributed by atoms with E-state index >= 15 is 0 Å². The highest BCUT2D eigenvalue weighted by Crippen LogP contribution is 2.45. The number of hydrogen-bond acceptors (Lipinski definition) is 6. The van der Waals surface area contributed by atoms with Gasteiger partial charge in [-0.25, -0.2) is 0 Å². The second-order valence-corrected chi connectivity index (χ2v) is 8.27. The molecule has 180 valence electrons. The number of aliphatic hydroxyl groups is 1. The van der Waals surface area contributed by atoms with Crippen LogP contribution in [0.2, 0.25) is 0 Å². The van der Waals surface area contributed by atoms with Crippen molar-refractivity contribution in [3.8, 4) is 17.2 Å². The maximum absolute atomic E-state index is 13.4. The first-order valence-corrected chi connectivity index (χ1v) is 11.2. The van der Waals surface area contributed by atoms with Crippen molar-refractivity contribution < 1.29 is 28.9 Å². The van der Waals surface area contributed by atoms with Gasteiger partial charge in [-0.2, -0.15) is 0 Å². The molecule has 1 aliphatic heterocycles. The molecule has 1 fully saturated rings. The Labute approximate surface area is 204 Å². The lowest BCUT2D eigenvalue weighted by Crippen LogP contribution is -2.29. The first-order chi connectivity index (χ1) is 16.9. The van der Waals surface area contributed by atoms with Crippen molar-refractivity contribution in [2.24, 2.45) is 0 Å². The molecule has 0 aliphatic carbocycles.